The summed E-state index contributed by atoms with van der Waals surface area (Å²) in [6, 6.07) is 9.88. The lowest BCUT2D eigenvalue weighted by atomic mass is 10.1. The molecule has 0 amide bonds. The van der Waals surface area contributed by atoms with Gasteiger partial charge in [-0.1, -0.05) is 24.4 Å². The third-order valence-corrected chi connectivity index (χ3v) is 3.42. The Balaban J connectivity index is 2.20. The average molecular weight is 301 g/mol. The predicted octanol–water partition coefficient (Wildman–Crippen LogP) is 2.95. The number of aryl methyl sites for hydroxylation is 2. The minimum atomic E-state index is 0.359. The number of ether oxygens (including phenoxy) is 1. The molecule has 0 aliphatic carbocycles. The van der Waals surface area contributed by atoms with Crippen LogP contribution < -0.4 is 15.8 Å². The number of anilines is 1. The fourth-order valence-corrected chi connectivity index (χ4v) is 2.48. The zero-order chi connectivity index (χ0) is 15.4. The zero-order valence-electron chi connectivity index (χ0n) is 12.4. The molecule has 0 radical (unpaired) electrons. The van der Waals surface area contributed by atoms with Crippen LogP contribution in [0.4, 0.5) is 5.69 Å². The Labute approximate surface area is 130 Å². The molecule has 0 atom stereocenters. The van der Waals surface area contributed by atoms with Crippen LogP contribution in [0, 0.1) is 13.8 Å². The van der Waals surface area contributed by atoms with Crippen molar-refractivity contribution in [3.05, 3.63) is 52.8 Å². The molecule has 2 rings (SSSR count). The molecule has 1 heterocycles. The zero-order valence-corrected chi connectivity index (χ0v) is 13.3. The fraction of sp³-hybridized carbons (Fsp3) is 0.250. The van der Waals surface area contributed by atoms with E-state index >= 15 is 0 Å². The third kappa shape index (κ3) is 3.70. The Morgan fingerprint density at radius 1 is 1.29 bits per heavy atom. The van der Waals surface area contributed by atoms with Crippen LogP contribution in [0.5, 0.6) is 5.75 Å². The summed E-state index contributed by atoms with van der Waals surface area (Å²) in [6.07, 6.45) is 0. The molecule has 0 unspecified atom stereocenters. The Kier molecular flexibility index (Phi) is 4.75. The van der Waals surface area contributed by atoms with E-state index < -0.39 is 0 Å². The lowest BCUT2D eigenvalue weighted by Gasteiger charge is -2.14. The molecule has 4 nitrogen and oxygen atoms in total. The molecule has 0 saturated heterocycles. The van der Waals surface area contributed by atoms with Crippen LogP contribution in [0.15, 0.2) is 30.3 Å². The second-order valence-corrected chi connectivity index (χ2v) is 5.28. The number of pyridine rings is 1. The predicted molar refractivity (Wildman–Crippen MR) is 89.9 cm³/mol. The molecule has 1 aromatic carbocycles. The highest BCUT2D eigenvalue weighted by Crippen LogP contribution is 2.21. The number of benzene rings is 1. The summed E-state index contributed by atoms with van der Waals surface area (Å²) in [7, 11) is 1.66. The van der Waals surface area contributed by atoms with E-state index in [4.69, 9.17) is 22.7 Å². The SMILES string of the molecule is COc1ccc(CNc2cc(C)nc(C)c2C(N)=S)cc1. The summed E-state index contributed by atoms with van der Waals surface area (Å²) in [5, 5.41) is 3.38. The number of nitrogens with zero attached hydrogens (tertiary/aromatic N) is 1. The fourth-order valence-electron chi connectivity index (χ4n) is 2.22. The van der Waals surface area contributed by atoms with Crippen LogP contribution in [0.25, 0.3) is 0 Å². The topological polar surface area (TPSA) is 60.2 Å². The molecule has 5 heteroatoms. The number of rotatable bonds is 5. The molecule has 2 aromatic rings. The molecule has 3 N–H and O–H groups in total. The number of methoxy groups -OCH3 is 1. The summed E-state index contributed by atoms with van der Waals surface area (Å²) in [4.78, 5) is 4.77. The van der Waals surface area contributed by atoms with Gasteiger partial charge in [0.25, 0.3) is 0 Å². The third-order valence-electron chi connectivity index (χ3n) is 3.22. The number of thiocarbonyl (C=S) groups is 1. The van der Waals surface area contributed by atoms with Crippen molar-refractivity contribution in [2.75, 3.05) is 12.4 Å². The summed E-state index contributed by atoms with van der Waals surface area (Å²) >= 11 is 5.13. The van der Waals surface area contributed by atoms with Crippen LogP contribution in [-0.4, -0.2) is 17.1 Å². The highest BCUT2D eigenvalue weighted by molar-refractivity contribution is 7.80. The molecule has 1 aromatic heterocycles. The average Bonchev–Trinajstić information content (AvgIpc) is 2.44. The molecule has 0 saturated carbocycles. The van der Waals surface area contributed by atoms with E-state index in [9.17, 15) is 0 Å². The Morgan fingerprint density at radius 2 is 1.95 bits per heavy atom. The number of hydrogen-bond donors (Lipinski definition) is 2. The maximum Gasteiger partial charge on any atom is 0.118 e. The number of aromatic nitrogens is 1. The molecule has 0 spiro atoms. The van der Waals surface area contributed by atoms with Crippen molar-refractivity contribution < 1.29 is 4.74 Å². The van der Waals surface area contributed by atoms with Gasteiger partial charge in [0, 0.05) is 23.6 Å². The first kappa shape index (κ1) is 15.3. The van der Waals surface area contributed by atoms with Crippen LogP contribution in [0.3, 0.4) is 0 Å². The summed E-state index contributed by atoms with van der Waals surface area (Å²) < 4.78 is 5.15. The van der Waals surface area contributed by atoms with E-state index in [-0.39, 0.29) is 0 Å². The van der Waals surface area contributed by atoms with E-state index in [1.807, 2.05) is 44.2 Å². The van der Waals surface area contributed by atoms with Gasteiger partial charge in [0.05, 0.1) is 12.7 Å². The van der Waals surface area contributed by atoms with Gasteiger partial charge in [-0.3, -0.25) is 4.98 Å². The largest absolute Gasteiger partial charge is 0.497 e. The number of nitrogens with two attached hydrogens (primary N) is 1. The first-order valence-corrected chi connectivity index (χ1v) is 7.07. The van der Waals surface area contributed by atoms with Crippen molar-refractivity contribution in [3.63, 3.8) is 0 Å². The molecule has 21 heavy (non-hydrogen) atoms. The van der Waals surface area contributed by atoms with E-state index in [0.29, 0.717) is 11.5 Å². The van der Waals surface area contributed by atoms with Crippen molar-refractivity contribution in [1.29, 1.82) is 0 Å². The number of hydrogen-bond acceptors (Lipinski definition) is 4. The van der Waals surface area contributed by atoms with Gasteiger partial charge < -0.3 is 15.8 Å². The maximum atomic E-state index is 5.81. The molecule has 0 fully saturated rings. The van der Waals surface area contributed by atoms with Crippen LogP contribution in [-0.2, 0) is 6.54 Å². The minimum absolute atomic E-state index is 0.359. The lowest BCUT2D eigenvalue weighted by Crippen LogP contribution is -2.16. The van der Waals surface area contributed by atoms with Gasteiger partial charge in [0.15, 0.2) is 0 Å². The van der Waals surface area contributed by atoms with Crippen molar-refractivity contribution in [3.8, 4) is 5.75 Å². The molecule has 0 aliphatic rings. The second-order valence-electron chi connectivity index (χ2n) is 4.84. The van der Waals surface area contributed by atoms with Gasteiger partial charge in [0.2, 0.25) is 0 Å². The Hall–Kier alpha value is -2.14. The lowest BCUT2D eigenvalue weighted by molar-refractivity contribution is 0.414. The standard InChI is InChI=1S/C16H19N3OS/c1-10-8-14(15(16(17)21)11(2)19-10)18-9-12-4-6-13(20-3)7-5-12/h4-8H,9H2,1-3H3,(H2,17,21)(H,18,19). The molecule has 0 bridgehead atoms. The van der Waals surface area contributed by atoms with E-state index in [2.05, 4.69) is 10.3 Å². The second kappa shape index (κ2) is 6.54. The van der Waals surface area contributed by atoms with Crippen molar-refractivity contribution >= 4 is 22.9 Å². The quantitative estimate of drug-likeness (QED) is 0.832. The Morgan fingerprint density at radius 3 is 2.52 bits per heavy atom. The van der Waals surface area contributed by atoms with Gasteiger partial charge in [-0.05, 0) is 37.6 Å². The first-order chi connectivity index (χ1) is 10.0. The van der Waals surface area contributed by atoms with Crippen LogP contribution >= 0.6 is 12.2 Å². The van der Waals surface area contributed by atoms with Gasteiger partial charge in [-0.2, -0.15) is 0 Å². The first-order valence-electron chi connectivity index (χ1n) is 6.66. The highest BCUT2D eigenvalue weighted by Gasteiger charge is 2.10. The molecular formula is C16H19N3OS. The van der Waals surface area contributed by atoms with Gasteiger partial charge in [-0.15, -0.1) is 0 Å². The number of nitrogens with one attached hydrogen (secondary N) is 1. The van der Waals surface area contributed by atoms with Crippen LogP contribution in [0.2, 0.25) is 0 Å². The highest BCUT2D eigenvalue weighted by atomic mass is 32.1. The van der Waals surface area contributed by atoms with E-state index in [1.54, 1.807) is 7.11 Å². The van der Waals surface area contributed by atoms with Gasteiger partial charge >= 0.3 is 0 Å². The van der Waals surface area contributed by atoms with Crippen molar-refractivity contribution in [1.82, 2.24) is 4.98 Å². The monoisotopic (exact) mass is 301 g/mol. The molecule has 0 aliphatic heterocycles. The summed E-state index contributed by atoms with van der Waals surface area (Å²) in [5.41, 5.74) is 10.5. The normalized spacial score (nSPS) is 10.2. The summed E-state index contributed by atoms with van der Waals surface area (Å²) in [6.45, 7) is 4.55. The maximum absolute atomic E-state index is 5.81. The van der Waals surface area contributed by atoms with Gasteiger partial charge in [-0.25, -0.2) is 0 Å². The van der Waals surface area contributed by atoms with Crippen LogP contribution in [0.1, 0.15) is 22.5 Å². The molecular weight excluding hydrogens is 282 g/mol. The Bertz CT molecular complexity index is 653. The summed E-state index contributed by atoms with van der Waals surface area (Å²) in [5.74, 6) is 0.846. The van der Waals surface area contributed by atoms with Gasteiger partial charge in [0.1, 0.15) is 10.7 Å². The minimum Gasteiger partial charge on any atom is -0.497 e. The van der Waals surface area contributed by atoms with E-state index in [0.717, 1.165) is 34.0 Å². The van der Waals surface area contributed by atoms with Crippen molar-refractivity contribution in [2.24, 2.45) is 5.73 Å². The molecule has 110 valence electrons. The van der Waals surface area contributed by atoms with E-state index in [1.165, 1.54) is 0 Å². The van der Waals surface area contributed by atoms with Crippen molar-refractivity contribution in [2.45, 2.75) is 20.4 Å². The smallest absolute Gasteiger partial charge is 0.118 e.